The predicted octanol–water partition coefficient (Wildman–Crippen LogP) is 3.36. The number of nitrogens with one attached hydrogen (secondary N) is 1. The number of likely N-dealkylation sites (N-methyl/N-ethyl adjacent to an activating group) is 2. The van der Waals surface area contributed by atoms with Crippen LogP contribution in [-0.2, 0) is 9.53 Å². The molecule has 0 spiro atoms. The SMILES string of the molecule is C=C/C(=C\C(=C\NC(=O)C1=C(C)N=COC1)N(C)CCN(C)C(C)=N/C=C\N(C)C)C(C)C. The van der Waals surface area contributed by atoms with E-state index in [4.69, 9.17) is 4.74 Å². The summed E-state index contributed by atoms with van der Waals surface area (Å²) in [5.74, 6) is 1.01. The molecule has 0 saturated heterocycles. The van der Waals surface area contributed by atoms with Crippen LogP contribution in [0.25, 0.3) is 0 Å². The minimum absolute atomic E-state index is 0.214. The van der Waals surface area contributed by atoms with Gasteiger partial charge in [-0.25, -0.2) is 9.98 Å². The lowest BCUT2D eigenvalue weighted by atomic mass is 10.0. The standard InChI is InChI=1S/C25H40N6O2/c1-10-22(19(2)3)15-23(16-27-25(32)24-17-33-18-28-20(24)4)31(9)14-13-30(8)21(5)26-11-12-29(6)7/h10-12,15-16,18-19H,1,13-14,17H2,2-9H3,(H,27,32)/b12-11-,22-15+,23-16-,26-21?. The smallest absolute Gasteiger partial charge is 0.256 e. The van der Waals surface area contributed by atoms with Crippen LogP contribution in [0.1, 0.15) is 27.7 Å². The van der Waals surface area contributed by atoms with Crippen molar-refractivity contribution < 1.29 is 9.53 Å². The van der Waals surface area contributed by atoms with Gasteiger partial charge in [0.05, 0.1) is 17.0 Å². The first kappa shape index (κ1) is 27.7. The van der Waals surface area contributed by atoms with Crippen LogP contribution in [0.5, 0.6) is 0 Å². The maximum absolute atomic E-state index is 12.7. The number of rotatable bonds is 11. The van der Waals surface area contributed by atoms with Gasteiger partial charge in [0.25, 0.3) is 5.91 Å². The summed E-state index contributed by atoms with van der Waals surface area (Å²) in [5.41, 5.74) is 3.14. The summed E-state index contributed by atoms with van der Waals surface area (Å²) in [6.07, 6.45) is 10.7. The van der Waals surface area contributed by atoms with Gasteiger partial charge in [0.1, 0.15) is 12.4 Å². The van der Waals surface area contributed by atoms with Crippen molar-refractivity contribution in [1.29, 1.82) is 0 Å². The highest BCUT2D eigenvalue weighted by atomic mass is 16.5. The molecule has 0 aromatic heterocycles. The average molecular weight is 457 g/mol. The van der Waals surface area contributed by atoms with E-state index in [-0.39, 0.29) is 12.5 Å². The van der Waals surface area contributed by atoms with E-state index in [0.717, 1.165) is 30.2 Å². The minimum atomic E-state index is -0.221. The number of ether oxygens (including phenoxy) is 1. The van der Waals surface area contributed by atoms with Crippen molar-refractivity contribution in [3.63, 3.8) is 0 Å². The highest BCUT2D eigenvalue weighted by Gasteiger charge is 2.16. The summed E-state index contributed by atoms with van der Waals surface area (Å²) < 4.78 is 5.18. The molecule has 0 aromatic carbocycles. The molecule has 182 valence electrons. The fourth-order valence-corrected chi connectivity index (χ4v) is 2.73. The molecule has 0 atom stereocenters. The molecule has 8 nitrogen and oxygen atoms in total. The van der Waals surface area contributed by atoms with Crippen LogP contribution in [0.3, 0.4) is 0 Å². The molecule has 0 bridgehead atoms. The van der Waals surface area contributed by atoms with E-state index in [1.807, 2.05) is 52.3 Å². The topological polar surface area (TPSA) is 72.8 Å². The maximum atomic E-state index is 12.7. The highest BCUT2D eigenvalue weighted by molar-refractivity contribution is 5.95. The number of amidine groups is 1. The monoisotopic (exact) mass is 456 g/mol. The zero-order valence-corrected chi connectivity index (χ0v) is 21.4. The Labute approximate surface area is 199 Å². The summed E-state index contributed by atoms with van der Waals surface area (Å²) in [5, 5.41) is 2.90. The Bertz CT molecular complexity index is 862. The number of hydrogen-bond acceptors (Lipinski definition) is 6. The van der Waals surface area contributed by atoms with Gasteiger partial charge in [-0.2, -0.15) is 0 Å². The summed E-state index contributed by atoms with van der Waals surface area (Å²) >= 11 is 0. The molecule has 1 N–H and O–H groups in total. The normalized spacial score (nSPS) is 15.1. The number of allylic oxidation sites excluding steroid dienone is 4. The van der Waals surface area contributed by atoms with E-state index in [2.05, 4.69) is 51.6 Å². The van der Waals surface area contributed by atoms with E-state index >= 15 is 0 Å². The van der Waals surface area contributed by atoms with Gasteiger partial charge in [-0.05, 0) is 31.4 Å². The van der Waals surface area contributed by atoms with E-state index < -0.39 is 0 Å². The summed E-state index contributed by atoms with van der Waals surface area (Å²) in [6.45, 7) is 13.7. The van der Waals surface area contributed by atoms with Gasteiger partial charge >= 0.3 is 0 Å². The molecule has 0 aliphatic carbocycles. The third-order valence-electron chi connectivity index (χ3n) is 5.22. The lowest BCUT2D eigenvalue weighted by Crippen LogP contribution is -2.34. The number of carbonyl (C=O) groups is 1. The van der Waals surface area contributed by atoms with Crippen molar-refractivity contribution >= 4 is 18.1 Å². The molecule has 33 heavy (non-hydrogen) atoms. The first-order valence-electron chi connectivity index (χ1n) is 11.1. The molecule has 1 rings (SSSR count). The second-order valence-corrected chi connectivity index (χ2v) is 8.44. The van der Waals surface area contributed by atoms with Gasteiger partial charge < -0.3 is 24.8 Å². The van der Waals surface area contributed by atoms with Gasteiger partial charge in [-0.3, -0.25) is 4.79 Å². The fraction of sp³-hybridized carbons (Fsp3) is 0.480. The minimum Gasteiger partial charge on any atom is -0.478 e. The van der Waals surface area contributed by atoms with E-state index in [9.17, 15) is 4.79 Å². The first-order valence-corrected chi connectivity index (χ1v) is 11.1. The van der Waals surface area contributed by atoms with Crippen LogP contribution >= 0.6 is 0 Å². The Balaban J connectivity index is 2.99. The molecule has 0 radical (unpaired) electrons. The van der Waals surface area contributed by atoms with Crippen molar-refractivity contribution in [3.05, 3.63) is 59.9 Å². The Kier molecular flexibility index (Phi) is 11.8. The predicted molar refractivity (Wildman–Crippen MR) is 138 cm³/mol. The Morgan fingerprint density at radius 2 is 1.94 bits per heavy atom. The lowest BCUT2D eigenvalue weighted by molar-refractivity contribution is -0.117. The quantitative estimate of drug-likeness (QED) is 0.293. The highest BCUT2D eigenvalue weighted by Crippen LogP contribution is 2.16. The van der Waals surface area contributed by atoms with Crippen LogP contribution in [-0.4, -0.2) is 80.7 Å². The molecule has 1 aliphatic rings. The van der Waals surface area contributed by atoms with Gasteiger partial charge in [0, 0.05) is 59.9 Å². The molecule has 0 unspecified atom stereocenters. The molecule has 8 heteroatoms. The molecule has 0 fully saturated rings. The number of carbonyl (C=O) groups excluding carboxylic acids is 1. The molecular formula is C25H40N6O2. The molecule has 0 saturated carbocycles. The second kappa shape index (κ2) is 14.0. The molecular weight excluding hydrogens is 416 g/mol. The number of nitrogens with zero attached hydrogens (tertiary/aromatic N) is 5. The van der Waals surface area contributed by atoms with Crippen LogP contribution < -0.4 is 5.32 Å². The van der Waals surface area contributed by atoms with Crippen LogP contribution in [0, 0.1) is 5.92 Å². The molecule has 1 heterocycles. The molecule has 1 amide bonds. The zero-order valence-electron chi connectivity index (χ0n) is 21.4. The molecule has 0 aromatic rings. The van der Waals surface area contributed by atoms with Gasteiger partial charge in [-0.15, -0.1) is 0 Å². The summed E-state index contributed by atoms with van der Waals surface area (Å²) in [7, 11) is 7.93. The van der Waals surface area contributed by atoms with Crippen molar-refractivity contribution in [3.8, 4) is 0 Å². The fourth-order valence-electron chi connectivity index (χ4n) is 2.73. The van der Waals surface area contributed by atoms with Crippen molar-refractivity contribution in [1.82, 2.24) is 20.0 Å². The van der Waals surface area contributed by atoms with Crippen molar-refractivity contribution in [2.24, 2.45) is 15.9 Å². The van der Waals surface area contributed by atoms with E-state index in [1.54, 1.807) is 19.3 Å². The van der Waals surface area contributed by atoms with E-state index in [0.29, 0.717) is 17.2 Å². The van der Waals surface area contributed by atoms with Gasteiger partial charge in [-0.1, -0.05) is 26.5 Å². The second-order valence-electron chi connectivity index (χ2n) is 8.44. The molecule has 1 aliphatic heterocycles. The largest absolute Gasteiger partial charge is 0.478 e. The summed E-state index contributed by atoms with van der Waals surface area (Å²) in [4.78, 5) is 27.3. The Morgan fingerprint density at radius 1 is 1.27 bits per heavy atom. The van der Waals surface area contributed by atoms with E-state index in [1.165, 1.54) is 6.40 Å². The summed E-state index contributed by atoms with van der Waals surface area (Å²) in [6, 6.07) is 0. The maximum Gasteiger partial charge on any atom is 0.256 e. The van der Waals surface area contributed by atoms with Crippen molar-refractivity contribution in [2.45, 2.75) is 27.7 Å². The number of amides is 1. The van der Waals surface area contributed by atoms with Crippen molar-refractivity contribution in [2.75, 3.05) is 47.9 Å². The third kappa shape index (κ3) is 9.80. The Morgan fingerprint density at radius 3 is 2.52 bits per heavy atom. The van der Waals surface area contributed by atoms with Gasteiger partial charge in [0.2, 0.25) is 0 Å². The first-order chi connectivity index (χ1) is 15.6. The number of aliphatic imine (C=N–C) groups is 2. The van der Waals surface area contributed by atoms with Gasteiger partial charge in [0.15, 0.2) is 6.40 Å². The average Bonchev–Trinajstić information content (AvgIpc) is 2.76. The number of hydrogen-bond donors (Lipinski definition) is 1. The van der Waals surface area contributed by atoms with Crippen LogP contribution in [0.2, 0.25) is 0 Å². The third-order valence-corrected chi connectivity index (χ3v) is 5.22. The van der Waals surface area contributed by atoms with Crippen LogP contribution in [0.15, 0.2) is 69.9 Å². The lowest BCUT2D eigenvalue weighted by Gasteiger charge is -2.26. The van der Waals surface area contributed by atoms with Crippen LogP contribution in [0.4, 0.5) is 0 Å². The Hall–Kier alpha value is -3.29. The zero-order chi connectivity index (χ0) is 25.0.